The van der Waals surface area contributed by atoms with E-state index in [1.54, 1.807) is 22.0 Å². The molecule has 1 aromatic carbocycles. The van der Waals surface area contributed by atoms with Crippen molar-refractivity contribution in [2.45, 2.75) is 33.6 Å². The molecule has 2 saturated heterocycles. The van der Waals surface area contributed by atoms with E-state index in [1.165, 1.54) is 0 Å². The maximum absolute atomic E-state index is 12.4. The molecule has 2 aliphatic heterocycles. The van der Waals surface area contributed by atoms with Gasteiger partial charge in [-0.25, -0.2) is 0 Å². The molecule has 150 valence electrons. The van der Waals surface area contributed by atoms with E-state index in [0.29, 0.717) is 32.6 Å². The number of amides is 3. The Labute approximate surface area is 166 Å². The van der Waals surface area contributed by atoms with Gasteiger partial charge in [-0.2, -0.15) is 0 Å². The molecule has 0 atom stereocenters. The molecule has 0 bridgehead atoms. The van der Waals surface area contributed by atoms with Crippen molar-refractivity contribution in [3.8, 4) is 0 Å². The van der Waals surface area contributed by atoms with Gasteiger partial charge >= 0.3 is 0 Å². The van der Waals surface area contributed by atoms with Gasteiger partial charge in [0.15, 0.2) is 0 Å². The quantitative estimate of drug-likeness (QED) is 0.754. The number of piperazine rings is 1. The predicted molar refractivity (Wildman–Crippen MR) is 110 cm³/mol. The lowest BCUT2D eigenvalue weighted by Crippen LogP contribution is -2.52. The minimum Gasteiger partial charge on any atom is -0.339 e. The fourth-order valence-corrected chi connectivity index (χ4v) is 3.56. The third-order valence-electron chi connectivity index (χ3n) is 5.22. The second kappa shape index (κ2) is 8.17. The van der Waals surface area contributed by atoms with E-state index in [2.05, 4.69) is 0 Å². The van der Waals surface area contributed by atoms with Crippen LogP contribution in [0.2, 0.25) is 0 Å². The van der Waals surface area contributed by atoms with E-state index in [0.717, 1.165) is 24.2 Å². The van der Waals surface area contributed by atoms with E-state index in [-0.39, 0.29) is 17.7 Å². The van der Waals surface area contributed by atoms with Crippen LogP contribution in [0.25, 0.3) is 6.08 Å². The number of carbonyl (C=O) groups is 3. The molecule has 2 aliphatic rings. The Bertz CT molecular complexity index is 769. The maximum atomic E-state index is 12.4. The van der Waals surface area contributed by atoms with Gasteiger partial charge in [0, 0.05) is 56.3 Å². The van der Waals surface area contributed by atoms with Gasteiger partial charge in [-0.1, -0.05) is 32.9 Å². The van der Waals surface area contributed by atoms with Gasteiger partial charge in [0.05, 0.1) is 0 Å². The van der Waals surface area contributed by atoms with Crippen LogP contribution in [0.15, 0.2) is 30.3 Å². The molecule has 0 spiro atoms. The van der Waals surface area contributed by atoms with Crippen LogP contribution in [0.4, 0.5) is 5.69 Å². The van der Waals surface area contributed by atoms with Crippen LogP contribution in [-0.2, 0) is 14.4 Å². The minimum absolute atomic E-state index is 0.0401. The molecule has 1 aromatic rings. The summed E-state index contributed by atoms with van der Waals surface area (Å²) in [5.41, 5.74) is 1.44. The summed E-state index contributed by atoms with van der Waals surface area (Å²) < 4.78 is 0. The molecule has 3 rings (SSSR count). The molecule has 0 radical (unpaired) electrons. The molecular weight excluding hydrogens is 354 g/mol. The minimum atomic E-state index is -0.391. The summed E-state index contributed by atoms with van der Waals surface area (Å²) in [5, 5.41) is 0. The van der Waals surface area contributed by atoms with Crippen molar-refractivity contribution in [2.75, 3.05) is 37.6 Å². The second-order valence-corrected chi connectivity index (χ2v) is 8.44. The lowest BCUT2D eigenvalue weighted by molar-refractivity contribution is -0.143. The summed E-state index contributed by atoms with van der Waals surface area (Å²) in [5.74, 6) is 0.260. The van der Waals surface area contributed by atoms with Crippen molar-refractivity contribution in [1.82, 2.24) is 9.80 Å². The molecule has 0 saturated carbocycles. The van der Waals surface area contributed by atoms with Crippen LogP contribution in [0.1, 0.15) is 39.2 Å². The molecule has 0 aromatic heterocycles. The summed E-state index contributed by atoms with van der Waals surface area (Å²) in [7, 11) is 0. The highest BCUT2D eigenvalue weighted by Crippen LogP contribution is 2.22. The first-order valence-electron chi connectivity index (χ1n) is 9.92. The summed E-state index contributed by atoms with van der Waals surface area (Å²) >= 11 is 0. The van der Waals surface area contributed by atoms with E-state index in [4.69, 9.17) is 0 Å². The Hall–Kier alpha value is -2.63. The molecule has 6 heteroatoms. The first-order chi connectivity index (χ1) is 13.3. The molecule has 2 fully saturated rings. The topological polar surface area (TPSA) is 60.9 Å². The molecule has 3 amide bonds. The average Bonchev–Trinajstić information content (AvgIpc) is 3.11. The normalized spacial score (nSPS) is 18.2. The van der Waals surface area contributed by atoms with Crippen molar-refractivity contribution in [3.05, 3.63) is 35.9 Å². The van der Waals surface area contributed by atoms with Gasteiger partial charge in [-0.3, -0.25) is 14.4 Å². The molecule has 0 unspecified atom stereocenters. The van der Waals surface area contributed by atoms with E-state index >= 15 is 0 Å². The van der Waals surface area contributed by atoms with E-state index in [1.807, 2.05) is 49.9 Å². The van der Waals surface area contributed by atoms with Crippen LogP contribution in [0, 0.1) is 5.41 Å². The van der Waals surface area contributed by atoms with Crippen LogP contribution < -0.4 is 4.90 Å². The van der Waals surface area contributed by atoms with Crippen LogP contribution in [0.5, 0.6) is 0 Å². The molecule has 0 N–H and O–H groups in total. The number of nitrogens with zero attached hydrogens (tertiary/aromatic N) is 3. The van der Waals surface area contributed by atoms with Gasteiger partial charge in [0.1, 0.15) is 0 Å². The van der Waals surface area contributed by atoms with Gasteiger partial charge in [-0.05, 0) is 30.2 Å². The van der Waals surface area contributed by atoms with Gasteiger partial charge in [0.25, 0.3) is 0 Å². The van der Waals surface area contributed by atoms with Crippen LogP contribution >= 0.6 is 0 Å². The number of rotatable bonds is 3. The molecule has 6 nitrogen and oxygen atoms in total. The second-order valence-electron chi connectivity index (χ2n) is 8.44. The Kier molecular flexibility index (Phi) is 5.87. The summed E-state index contributed by atoms with van der Waals surface area (Å²) in [6, 6.07) is 7.68. The van der Waals surface area contributed by atoms with Gasteiger partial charge < -0.3 is 14.7 Å². The zero-order chi connectivity index (χ0) is 20.3. The lowest BCUT2D eigenvalue weighted by Gasteiger charge is -2.37. The monoisotopic (exact) mass is 383 g/mol. The molecule has 0 aliphatic carbocycles. The predicted octanol–water partition coefficient (Wildman–Crippen LogP) is 2.54. The first-order valence-corrected chi connectivity index (χ1v) is 9.92. The fourth-order valence-electron chi connectivity index (χ4n) is 3.56. The third kappa shape index (κ3) is 4.61. The lowest BCUT2D eigenvalue weighted by atomic mass is 9.94. The average molecular weight is 383 g/mol. The molecular formula is C22H29N3O3. The number of anilines is 1. The molecule has 2 heterocycles. The van der Waals surface area contributed by atoms with Crippen molar-refractivity contribution in [2.24, 2.45) is 5.41 Å². The Morgan fingerprint density at radius 3 is 2.07 bits per heavy atom. The number of hydrogen-bond donors (Lipinski definition) is 0. The summed E-state index contributed by atoms with van der Waals surface area (Å²) in [4.78, 5) is 42.0. The number of carbonyl (C=O) groups excluding carboxylic acids is 3. The fraction of sp³-hybridized carbons (Fsp3) is 0.500. The van der Waals surface area contributed by atoms with Crippen molar-refractivity contribution in [3.63, 3.8) is 0 Å². The van der Waals surface area contributed by atoms with Crippen molar-refractivity contribution >= 4 is 29.5 Å². The van der Waals surface area contributed by atoms with Gasteiger partial charge in [0.2, 0.25) is 17.7 Å². The Balaban J connectivity index is 1.53. The van der Waals surface area contributed by atoms with Crippen LogP contribution in [-0.4, -0.2) is 60.2 Å². The zero-order valence-electron chi connectivity index (χ0n) is 17.0. The Morgan fingerprint density at radius 2 is 1.54 bits per heavy atom. The van der Waals surface area contributed by atoms with Crippen LogP contribution in [0.3, 0.4) is 0 Å². The van der Waals surface area contributed by atoms with Crippen molar-refractivity contribution in [1.29, 1.82) is 0 Å². The summed E-state index contributed by atoms with van der Waals surface area (Å²) in [6.07, 6.45) is 4.90. The third-order valence-corrected chi connectivity index (χ3v) is 5.22. The first kappa shape index (κ1) is 20.1. The van der Waals surface area contributed by atoms with Crippen molar-refractivity contribution < 1.29 is 14.4 Å². The van der Waals surface area contributed by atoms with E-state index < -0.39 is 5.41 Å². The standard InChI is InChI=1S/C22H29N3O3/c1-22(2,3)21(28)24-15-13-23(14-16-24)19(26)11-8-17-6-9-18(10-7-17)25-12-4-5-20(25)27/h6-11H,4-5,12-16H2,1-3H3/b11-8+. The smallest absolute Gasteiger partial charge is 0.246 e. The number of benzene rings is 1. The maximum Gasteiger partial charge on any atom is 0.246 e. The Morgan fingerprint density at radius 1 is 0.929 bits per heavy atom. The highest BCUT2D eigenvalue weighted by Gasteiger charge is 2.30. The zero-order valence-corrected chi connectivity index (χ0v) is 17.0. The van der Waals surface area contributed by atoms with E-state index in [9.17, 15) is 14.4 Å². The molecule has 28 heavy (non-hydrogen) atoms. The number of hydrogen-bond acceptors (Lipinski definition) is 3. The highest BCUT2D eigenvalue weighted by atomic mass is 16.2. The van der Waals surface area contributed by atoms with Gasteiger partial charge in [-0.15, -0.1) is 0 Å². The largest absolute Gasteiger partial charge is 0.339 e. The summed E-state index contributed by atoms with van der Waals surface area (Å²) in [6.45, 7) is 8.79. The SMILES string of the molecule is CC(C)(C)C(=O)N1CCN(C(=O)/C=C/c2ccc(N3CCCC3=O)cc2)CC1. The highest BCUT2D eigenvalue weighted by molar-refractivity contribution is 5.95.